The lowest BCUT2D eigenvalue weighted by atomic mass is 9.95. The Hall–Kier alpha value is -1.36. The Balaban J connectivity index is 1.68. The van der Waals surface area contributed by atoms with E-state index in [-0.39, 0.29) is 0 Å². The number of rotatable bonds is 4. The van der Waals surface area contributed by atoms with E-state index in [0.717, 1.165) is 35.0 Å². The molecule has 5 heteroatoms. The van der Waals surface area contributed by atoms with Crippen molar-refractivity contribution in [2.45, 2.75) is 45.6 Å². The molecule has 3 unspecified atom stereocenters. The SMILES string of the molecule is CCNc1nc(NC2CC3CCC2C3)c2cc(C)sc2n1. The third-order valence-electron chi connectivity index (χ3n) is 4.91. The van der Waals surface area contributed by atoms with Gasteiger partial charge in [0.15, 0.2) is 0 Å². The number of aryl methyl sites for hydroxylation is 1. The predicted octanol–water partition coefficient (Wildman–Crippen LogP) is 4.03. The quantitative estimate of drug-likeness (QED) is 0.895. The van der Waals surface area contributed by atoms with Crippen LogP contribution in [0.5, 0.6) is 0 Å². The fraction of sp³-hybridized carbons (Fsp3) is 0.625. The van der Waals surface area contributed by atoms with Gasteiger partial charge in [-0.15, -0.1) is 11.3 Å². The fourth-order valence-corrected chi connectivity index (χ4v) is 4.87. The maximum absolute atomic E-state index is 4.72. The first-order valence-electron chi connectivity index (χ1n) is 8.01. The van der Waals surface area contributed by atoms with Crippen LogP contribution in [0.25, 0.3) is 10.2 Å². The van der Waals surface area contributed by atoms with Gasteiger partial charge in [0, 0.05) is 17.5 Å². The zero-order valence-corrected chi connectivity index (χ0v) is 13.5. The van der Waals surface area contributed by atoms with Crippen LogP contribution in [0.15, 0.2) is 6.07 Å². The van der Waals surface area contributed by atoms with Crippen LogP contribution in [0.3, 0.4) is 0 Å². The smallest absolute Gasteiger partial charge is 0.226 e. The molecule has 2 aliphatic rings. The standard InChI is InChI=1S/C16H22N4S/c1-3-17-16-19-14(12-6-9(2)21-15(12)20-16)18-13-8-10-4-5-11(13)7-10/h6,10-11,13H,3-5,7-8H2,1-2H3,(H2,17,18,19,20). The van der Waals surface area contributed by atoms with Gasteiger partial charge in [-0.05, 0) is 51.0 Å². The second-order valence-electron chi connectivity index (χ2n) is 6.43. The largest absolute Gasteiger partial charge is 0.366 e. The molecule has 0 radical (unpaired) electrons. The number of fused-ring (bicyclic) bond motifs is 3. The summed E-state index contributed by atoms with van der Waals surface area (Å²) in [6, 6.07) is 2.82. The van der Waals surface area contributed by atoms with Crippen molar-refractivity contribution in [3.8, 4) is 0 Å². The van der Waals surface area contributed by atoms with Crippen molar-refractivity contribution in [2.75, 3.05) is 17.2 Å². The zero-order valence-electron chi connectivity index (χ0n) is 12.6. The number of thiophene rings is 1. The lowest BCUT2D eigenvalue weighted by molar-refractivity contribution is 0.439. The lowest BCUT2D eigenvalue weighted by Gasteiger charge is -2.24. The van der Waals surface area contributed by atoms with Crippen LogP contribution < -0.4 is 10.6 Å². The summed E-state index contributed by atoms with van der Waals surface area (Å²) < 4.78 is 0. The van der Waals surface area contributed by atoms with Gasteiger partial charge < -0.3 is 10.6 Å². The minimum absolute atomic E-state index is 0.608. The topological polar surface area (TPSA) is 49.8 Å². The van der Waals surface area contributed by atoms with Crippen molar-refractivity contribution in [1.82, 2.24) is 9.97 Å². The van der Waals surface area contributed by atoms with Gasteiger partial charge in [-0.1, -0.05) is 6.42 Å². The second kappa shape index (κ2) is 5.13. The monoisotopic (exact) mass is 302 g/mol. The Morgan fingerprint density at radius 1 is 1.29 bits per heavy atom. The molecule has 0 amide bonds. The highest BCUT2D eigenvalue weighted by atomic mass is 32.1. The van der Waals surface area contributed by atoms with Crippen molar-refractivity contribution in [3.05, 3.63) is 10.9 Å². The highest BCUT2D eigenvalue weighted by Crippen LogP contribution is 2.46. The molecule has 112 valence electrons. The molecular weight excluding hydrogens is 280 g/mol. The van der Waals surface area contributed by atoms with Gasteiger partial charge >= 0.3 is 0 Å². The maximum atomic E-state index is 4.72. The highest BCUT2D eigenvalue weighted by Gasteiger charge is 2.39. The summed E-state index contributed by atoms with van der Waals surface area (Å²) >= 11 is 1.75. The average Bonchev–Trinajstić information content (AvgIpc) is 3.13. The van der Waals surface area contributed by atoms with Gasteiger partial charge in [0.05, 0.1) is 5.39 Å². The molecule has 3 atom stereocenters. The van der Waals surface area contributed by atoms with E-state index < -0.39 is 0 Å². The first-order valence-corrected chi connectivity index (χ1v) is 8.83. The molecule has 2 fully saturated rings. The van der Waals surface area contributed by atoms with Crippen LogP contribution in [0.2, 0.25) is 0 Å². The number of hydrogen-bond acceptors (Lipinski definition) is 5. The summed E-state index contributed by atoms with van der Waals surface area (Å²) in [6.45, 7) is 5.07. The van der Waals surface area contributed by atoms with Crippen molar-refractivity contribution in [2.24, 2.45) is 11.8 Å². The van der Waals surface area contributed by atoms with Crippen molar-refractivity contribution < 1.29 is 0 Å². The Labute approximate surface area is 129 Å². The van der Waals surface area contributed by atoms with Crippen LogP contribution in [0, 0.1) is 18.8 Å². The van der Waals surface area contributed by atoms with Crippen molar-refractivity contribution in [1.29, 1.82) is 0 Å². The Morgan fingerprint density at radius 3 is 2.90 bits per heavy atom. The summed E-state index contributed by atoms with van der Waals surface area (Å²) in [7, 11) is 0. The van der Waals surface area contributed by atoms with E-state index in [2.05, 4.69) is 35.5 Å². The molecule has 4 rings (SSSR count). The molecule has 0 saturated heterocycles. The summed E-state index contributed by atoms with van der Waals surface area (Å²) in [4.78, 5) is 11.7. The summed E-state index contributed by atoms with van der Waals surface area (Å²) in [5.41, 5.74) is 0. The molecule has 2 aliphatic carbocycles. The fourth-order valence-electron chi connectivity index (χ4n) is 3.99. The minimum atomic E-state index is 0.608. The predicted molar refractivity (Wildman–Crippen MR) is 89.2 cm³/mol. The van der Waals surface area contributed by atoms with Gasteiger partial charge in [0.25, 0.3) is 0 Å². The van der Waals surface area contributed by atoms with Gasteiger partial charge in [-0.25, -0.2) is 4.98 Å². The van der Waals surface area contributed by atoms with Crippen LogP contribution in [0.1, 0.15) is 37.5 Å². The first kappa shape index (κ1) is 13.3. The number of hydrogen-bond donors (Lipinski definition) is 2. The lowest BCUT2D eigenvalue weighted by Crippen LogP contribution is -2.26. The molecule has 2 bridgehead atoms. The van der Waals surface area contributed by atoms with Crippen molar-refractivity contribution in [3.63, 3.8) is 0 Å². The zero-order chi connectivity index (χ0) is 14.4. The van der Waals surface area contributed by atoms with Crippen LogP contribution in [-0.2, 0) is 0 Å². The molecule has 2 aromatic heterocycles. The minimum Gasteiger partial charge on any atom is -0.366 e. The molecule has 2 N–H and O–H groups in total. The van der Waals surface area contributed by atoms with E-state index in [4.69, 9.17) is 4.98 Å². The average molecular weight is 302 g/mol. The number of nitrogens with zero attached hydrogens (tertiary/aromatic N) is 2. The summed E-state index contributed by atoms with van der Waals surface area (Å²) in [5.74, 6) is 3.57. The van der Waals surface area contributed by atoms with E-state index in [1.54, 1.807) is 11.3 Å². The molecule has 2 saturated carbocycles. The molecule has 21 heavy (non-hydrogen) atoms. The van der Waals surface area contributed by atoms with E-state index in [9.17, 15) is 0 Å². The van der Waals surface area contributed by atoms with Gasteiger partial charge in [0.1, 0.15) is 10.6 Å². The second-order valence-corrected chi connectivity index (χ2v) is 7.66. The van der Waals surface area contributed by atoms with Gasteiger partial charge in [0.2, 0.25) is 5.95 Å². The van der Waals surface area contributed by atoms with E-state index >= 15 is 0 Å². The molecule has 0 spiro atoms. The van der Waals surface area contributed by atoms with Gasteiger partial charge in [-0.3, -0.25) is 0 Å². The molecule has 4 nitrogen and oxygen atoms in total. The van der Waals surface area contributed by atoms with Crippen LogP contribution >= 0.6 is 11.3 Å². The third kappa shape index (κ3) is 2.37. The van der Waals surface area contributed by atoms with Crippen LogP contribution in [-0.4, -0.2) is 22.6 Å². The number of nitrogens with one attached hydrogen (secondary N) is 2. The Morgan fingerprint density at radius 2 is 2.19 bits per heavy atom. The highest BCUT2D eigenvalue weighted by molar-refractivity contribution is 7.18. The molecule has 2 heterocycles. The molecular formula is C16H22N4S. The van der Waals surface area contributed by atoms with E-state index in [1.165, 1.54) is 35.9 Å². The Kier molecular flexibility index (Phi) is 3.25. The first-order chi connectivity index (χ1) is 10.2. The van der Waals surface area contributed by atoms with Crippen molar-refractivity contribution >= 4 is 33.3 Å². The third-order valence-corrected chi connectivity index (χ3v) is 5.86. The molecule has 0 aromatic carbocycles. The molecule has 0 aliphatic heterocycles. The summed E-state index contributed by atoms with van der Waals surface area (Å²) in [6.07, 6.45) is 5.55. The Bertz CT molecular complexity index is 666. The van der Waals surface area contributed by atoms with E-state index in [1.807, 2.05) is 0 Å². The maximum Gasteiger partial charge on any atom is 0.226 e. The normalized spacial score (nSPS) is 27.4. The van der Waals surface area contributed by atoms with Crippen LogP contribution in [0.4, 0.5) is 11.8 Å². The number of anilines is 2. The number of aromatic nitrogens is 2. The summed E-state index contributed by atoms with van der Waals surface area (Å²) in [5, 5.41) is 8.18. The van der Waals surface area contributed by atoms with Gasteiger partial charge in [-0.2, -0.15) is 4.98 Å². The van der Waals surface area contributed by atoms with E-state index in [0.29, 0.717) is 6.04 Å². The molecule has 2 aromatic rings.